The van der Waals surface area contributed by atoms with E-state index in [1.807, 2.05) is 24.3 Å². The summed E-state index contributed by atoms with van der Waals surface area (Å²) in [5, 5.41) is 11.8. The molecule has 7 nitrogen and oxygen atoms in total. The Hall–Kier alpha value is -3.35. The lowest BCUT2D eigenvalue weighted by Crippen LogP contribution is -2.40. The van der Waals surface area contributed by atoms with Crippen LogP contribution in [0.25, 0.3) is 11.1 Å². The highest BCUT2D eigenvalue weighted by Gasteiger charge is 2.33. The lowest BCUT2D eigenvalue weighted by atomic mass is 9.98. The number of fused-ring (bicyclic) bond motifs is 3. The zero-order valence-corrected chi connectivity index (χ0v) is 19.5. The van der Waals surface area contributed by atoms with Crippen molar-refractivity contribution in [3.8, 4) is 11.1 Å². The number of hydrogen-bond donors (Lipinski definition) is 2. The fraction of sp³-hybridized carbons (Fsp3) is 0.444. The quantitative estimate of drug-likeness (QED) is 0.573. The number of amides is 2. The number of nitrogens with one attached hydrogen (secondary N) is 1. The molecule has 2 atom stereocenters. The van der Waals surface area contributed by atoms with E-state index in [0.717, 1.165) is 19.3 Å². The number of aliphatic carboxylic acids is 1. The van der Waals surface area contributed by atoms with Gasteiger partial charge in [0.1, 0.15) is 6.61 Å². The first-order valence-electron chi connectivity index (χ1n) is 12.0. The Morgan fingerprint density at radius 3 is 2.32 bits per heavy atom. The maximum absolute atomic E-state index is 12.7. The molecule has 34 heavy (non-hydrogen) atoms. The second kappa shape index (κ2) is 10.7. The molecule has 7 heteroatoms. The van der Waals surface area contributed by atoms with E-state index in [2.05, 4.69) is 29.6 Å². The molecule has 1 fully saturated rings. The Balaban J connectivity index is 1.29. The van der Waals surface area contributed by atoms with Crippen molar-refractivity contribution >= 4 is 18.0 Å². The molecular formula is C27H32N2O5. The monoisotopic (exact) mass is 464 g/mol. The minimum atomic E-state index is -0.857. The van der Waals surface area contributed by atoms with Crippen molar-refractivity contribution in [2.45, 2.75) is 50.5 Å². The van der Waals surface area contributed by atoms with Gasteiger partial charge in [-0.15, -0.1) is 0 Å². The molecule has 0 heterocycles. The first kappa shape index (κ1) is 23.8. The predicted octanol–water partition coefficient (Wildman–Crippen LogP) is 4.41. The first-order chi connectivity index (χ1) is 16.4. The van der Waals surface area contributed by atoms with E-state index in [0.29, 0.717) is 19.4 Å². The molecule has 0 saturated heterocycles. The Labute approximate surface area is 200 Å². The van der Waals surface area contributed by atoms with E-state index in [1.165, 1.54) is 22.3 Å². The standard InChI is InChI=1S/C27H32N2O5/c1-29(15-7-14-26(31)32)25(30)16-18-8-6-13-24(18)28-27(33)34-17-23-21-11-4-2-9-19(21)20-10-3-5-12-22(20)23/h2-5,9-12,18,23-24H,6-8,13-17H2,1H3,(H,28,33)(H,31,32)/t18-,24+/m0/s1. The van der Waals surface area contributed by atoms with Crippen molar-refractivity contribution in [2.24, 2.45) is 5.92 Å². The van der Waals surface area contributed by atoms with Gasteiger partial charge >= 0.3 is 12.1 Å². The fourth-order valence-corrected chi connectivity index (χ4v) is 5.23. The molecule has 2 aliphatic rings. The molecule has 0 unspecified atom stereocenters. The summed E-state index contributed by atoms with van der Waals surface area (Å²) in [7, 11) is 1.70. The van der Waals surface area contributed by atoms with Crippen LogP contribution in [0.1, 0.15) is 55.6 Å². The fourth-order valence-electron chi connectivity index (χ4n) is 5.23. The van der Waals surface area contributed by atoms with Crippen molar-refractivity contribution in [2.75, 3.05) is 20.2 Å². The lowest BCUT2D eigenvalue weighted by Gasteiger charge is -2.24. The average Bonchev–Trinajstić information content (AvgIpc) is 3.39. The number of rotatable bonds is 9. The van der Waals surface area contributed by atoms with Gasteiger partial charge in [-0.3, -0.25) is 9.59 Å². The summed E-state index contributed by atoms with van der Waals surface area (Å²) in [6, 6.07) is 16.4. The molecule has 2 aromatic carbocycles. The average molecular weight is 465 g/mol. The summed E-state index contributed by atoms with van der Waals surface area (Å²) in [5.74, 6) is -0.797. The number of carboxylic acids is 1. The SMILES string of the molecule is CN(CCCC(=O)O)C(=O)C[C@@H]1CCC[C@H]1NC(=O)OCC1c2ccccc2-c2ccccc21. The molecule has 2 N–H and O–H groups in total. The van der Waals surface area contributed by atoms with Crippen LogP contribution in [0.4, 0.5) is 4.79 Å². The number of carbonyl (C=O) groups is 3. The van der Waals surface area contributed by atoms with Gasteiger partial charge in [-0.1, -0.05) is 55.0 Å². The lowest BCUT2D eigenvalue weighted by molar-refractivity contribution is -0.138. The zero-order chi connectivity index (χ0) is 24.1. The number of benzene rings is 2. The molecule has 0 radical (unpaired) electrons. The van der Waals surface area contributed by atoms with E-state index >= 15 is 0 Å². The van der Waals surface area contributed by atoms with E-state index in [9.17, 15) is 14.4 Å². The van der Waals surface area contributed by atoms with Crippen molar-refractivity contribution in [3.63, 3.8) is 0 Å². The van der Waals surface area contributed by atoms with Gasteiger partial charge in [-0.05, 0) is 47.4 Å². The van der Waals surface area contributed by atoms with E-state index in [1.54, 1.807) is 11.9 Å². The Morgan fingerprint density at radius 2 is 1.68 bits per heavy atom. The predicted molar refractivity (Wildman–Crippen MR) is 128 cm³/mol. The van der Waals surface area contributed by atoms with Crippen LogP contribution in [0.5, 0.6) is 0 Å². The first-order valence-corrected chi connectivity index (χ1v) is 12.0. The van der Waals surface area contributed by atoms with Crippen LogP contribution < -0.4 is 5.32 Å². The van der Waals surface area contributed by atoms with Gasteiger partial charge in [0.25, 0.3) is 0 Å². The minimum absolute atomic E-state index is 0.0126. The highest BCUT2D eigenvalue weighted by atomic mass is 16.5. The Kier molecular flexibility index (Phi) is 7.50. The molecule has 2 aliphatic carbocycles. The summed E-state index contributed by atoms with van der Waals surface area (Å²) >= 11 is 0. The number of carboxylic acid groups (broad SMARTS) is 1. The highest BCUT2D eigenvalue weighted by molar-refractivity contribution is 5.79. The molecule has 0 aromatic heterocycles. The van der Waals surface area contributed by atoms with Crippen LogP contribution in [-0.2, 0) is 14.3 Å². The van der Waals surface area contributed by atoms with Gasteiger partial charge in [0.05, 0.1) is 0 Å². The van der Waals surface area contributed by atoms with Crippen LogP contribution >= 0.6 is 0 Å². The van der Waals surface area contributed by atoms with Crippen LogP contribution in [0.15, 0.2) is 48.5 Å². The number of hydrogen-bond acceptors (Lipinski definition) is 4. The van der Waals surface area contributed by atoms with Gasteiger partial charge in [-0.2, -0.15) is 0 Å². The third-order valence-electron chi connectivity index (χ3n) is 7.05. The van der Waals surface area contributed by atoms with E-state index in [-0.39, 0.29) is 36.8 Å². The molecule has 0 spiro atoms. The van der Waals surface area contributed by atoms with Gasteiger partial charge in [0.15, 0.2) is 0 Å². The van der Waals surface area contributed by atoms with Gasteiger partial charge < -0.3 is 20.1 Å². The minimum Gasteiger partial charge on any atom is -0.481 e. The molecule has 180 valence electrons. The maximum Gasteiger partial charge on any atom is 0.407 e. The maximum atomic E-state index is 12.7. The zero-order valence-electron chi connectivity index (χ0n) is 19.5. The summed E-state index contributed by atoms with van der Waals surface area (Å²) in [5.41, 5.74) is 4.72. The smallest absolute Gasteiger partial charge is 0.407 e. The van der Waals surface area contributed by atoms with E-state index in [4.69, 9.17) is 9.84 Å². The molecular weight excluding hydrogens is 432 g/mol. The molecule has 0 aliphatic heterocycles. The van der Waals surface area contributed by atoms with Crippen LogP contribution in [0.3, 0.4) is 0 Å². The summed E-state index contributed by atoms with van der Waals surface area (Å²) in [4.78, 5) is 37.5. The van der Waals surface area contributed by atoms with Crippen molar-refractivity contribution in [1.29, 1.82) is 0 Å². The highest BCUT2D eigenvalue weighted by Crippen LogP contribution is 2.44. The van der Waals surface area contributed by atoms with Crippen LogP contribution in [0, 0.1) is 5.92 Å². The van der Waals surface area contributed by atoms with Crippen LogP contribution in [-0.4, -0.2) is 54.2 Å². The van der Waals surface area contributed by atoms with Gasteiger partial charge in [-0.25, -0.2) is 4.79 Å². The van der Waals surface area contributed by atoms with Gasteiger partial charge in [0, 0.05) is 38.4 Å². The summed E-state index contributed by atoms with van der Waals surface area (Å²) in [6.45, 7) is 0.685. The third kappa shape index (κ3) is 5.41. The van der Waals surface area contributed by atoms with Crippen LogP contribution in [0.2, 0.25) is 0 Å². The number of nitrogens with zero attached hydrogens (tertiary/aromatic N) is 1. The number of ether oxygens (including phenoxy) is 1. The number of alkyl carbamates (subject to hydrolysis) is 1. The molecule has 2 aromatic rings. The topological polar surface area (TPSA) is 95.9 Å². The largest absolute Gasteiger partial charge is 0.481 e. The van der Waals surface area contributed by atoms with Crippen molar-refractivity contribution in [3.05, 3.63) is 59.7 Å². The molecule has 2 amide bonds. The van der Waals surface area contributed by atoms with Gasteiger partial charge in [0.2, 0.25) is 5.91 Å². The number of carbonyl (C=O) groups excluding carboxylic acids is 2. The Morgan fingerprint density at radius 1 is 1.03 bits per heavy atom. The summed E-state index contributed by atoms with van der Waals surface area (Å²) < 4.78 is 5.68. The molecule has 1 saturated carbocycles. The second-order valence-corrected chi connectivity index (χ2v) is 9.28. The van der Waals surface area contributed by atoms with Crippen molar-refractivity contribution < 1.29 is 24.2 Å². The van der Waals surface area contributed by atoms with E-state index < -0.39 is 12.1 Å². The molecule has 4 rings (SSSR count). The Bertz CT molecular complexity index is 1010. The molecule has 0 bridgehead atoms. The third-order valence-corrected chi connectivity index (χ3v) is 7.05. The second-order valence-electron chi connectivity index (χ2n) is 9.28. The summed E-state index contributed by atoms with van der Waals surface area (Å²) in [6.07, 6.45) is 3.04. The normalized spacial score (nSPS) is 18.7. The van der Waals surface area contributed by atoms with Crippen molar-refractivity contribution in [1.82, 2.24) is 10.2 Å².